The number of sulfonamides is 1. The molecule has 0 spiro atoms. The Labute approximate surface area is 161 Å². The molecule has 0 amide bonds. The lowest BCUT2D eigenvalue weighted by Crippen LogP contribution is -2.34. The van der Waals surface area contributed by atoms with Crippen LogP contribution >= 0.6 is 0 Å². The van der Waals surface area contributed by atoms with Gasteiger partial charge in [-0.15, -0.1) is 0 Å². The number of rotatable bonds is 3. The minimum absolute atomic E-state index is 0.288. The lowest BCUT2D eigenvalue weighted by atomic mass is 10.1. The minimum atomic E-state index is -3.64. The number of aryl methyl sites for hydroxylation is 1. The van der Waals surface area contributed by atoms with E-state index in [4.69, 9.17) is 4.74 Å². The zero-order chi connectivity index (χ0) is 19.3. The van der Waals surface area contributed by atoms with Crippen LogP contribution in [0.2, 0.25) is 0 Å². The van der Waals surface area contributed by atoms with E-state index in [0.717, 1.165) is 29.7 Å². The Kier molecular flexibility index (Phi) is 5.88. The van der Waals surface area contributed by atoms with E-state index in [-0.39, 0.29) is 4.90 Å². The van der Waals surface area contributed by atoms with Crippen molar-refractivity contribution in [3.63, 3.8) is 0 Å². The van der Waals surface area contributed by atoms with Crippen molar-refractivity contribution < 1.29 is 13.2 Å². The number of methoxy groups -OCH3 is 1. The molecule has 2 aromatic rings. The Morgan fingerprint density at radius 3 is 2.44 bits per heavy atom. The Morgan fingerprint density at radius 1 is 1.07 bits per heavy atom. The summed E-state index contributed by atoms with van der Waals surface area (Å²) in [7, 11) is -2.02. The fourth-order valence-corrected chi connectivity index (χ4v) is 4.36. The summed E-state index contributed by atoms with van der Waals surface area (Å²) in [6, 6.07) is 14.0. The van der Waals surface area contributed by atoms with Crippen LogP contribution in [-0.2, 0) is 10.0 Å². The molecule has 0 N–H and O–H groups in total. The van der Waals surface area contributed by atoms with E-state index in [1.54, 1.807) is 25.4 Å². The molecule has 1 atom stereocenters. The Hall–Kier alpha value is -2.71. The van der Waals surface area contributed by atoms with E-state index < -0.39 is 16.1 Å². The van der Waals surface area contributed by atoms with E-state index >= 15 is 0 Å². The van der Waals surface area contributed by atoms with E-state index in [9.17, 15) is 8.42 Å². The van der Waals surface area contributed by atoms with Gasteiger partial charge >= 0.3 is 0 Å². The lowest BCUT2D eigenvalue weighted by Gasteiger charge is -2.25. The van der Waals surface area contributed by atoms with E-state index in [0.29, 0.717) is 6.42 Å². The van der Waals surface area contributed by atoms with Crippen molar-refractivity contribution in [2.24, 2.45) is 0 Å². The molecule has 2 aromatic carbocycles. The van der Waals surface area contributed by atoms with Gasteiger partial charge in [0.25, 0.3) is 10.0 Å². The lowest BCUT2D eigenvalue weighted by molar-refractivity contribution is 0.415. The van der Waals surface area contributed by atoms with Crippen LogP contribution in [0.15, 0.2) is 65.7 Å². The third-order valence-corrected chi connectivity index (χ3v) is 6.28. The molecule has 0 aliphatic carbocycles. The molecule has 0 radical (unpaired) electrons. The molecule has 0 saturated carbocycles. The van der Waals surface area contributed by atoms with Crippen LogP contribution in [-0.4, -0.2) is 25.9 Å². The predicted molar refractivity (Wildman–Crippen MR) is 107 cm³/mol. The highest BCUT2D eigenvalue weighted by Crippen LogP contribution is 2.24. The number of nitrogens with zero attached hydrogens (tertiary/aromatic N) is 1. The first-order valence-electron chi connectivity index (χ1n) is 8.93. The van der Waals surface area contributed by atoms with Crippen molar-refractivity contribution >= 4 is 10.0 Å². The molecule has 0 fully saturated rings. The minimum Gasteiger partial charge on any atom is -0.497 e. The summed E-state index contributed by atoms with van der Waals surface area (Å²) >= 11 is 0. The third kappa shape index (κ3) is 4.53. The zero-order valence-corrected chi connectivity index (χ0v) is 16.4. The molecule has 1 aliphatic heterocycles. The molecular formula is C22H23NO3S. The van der Waals surface area contributed by atoms with Gasteiger partial charge in [0.05, 0.1) is 12.0 Å². The normalized spacial score (nSPS) is 17.0. The van der Waals surface area contributed by atoms with Gasteiger partial charge in [-0.1, -0.05) is 35.6 Å². The number of hydrogen-bond donors (Lipinski definition) is 0. The number of ether oxygens (including phenoxy) is 1. The molecule has 5 heteroatoms. The van der Waals surface area contributed by atoms with Gasteiger partial charge in [0.1, 0.15) is 11.8 Å². The highest BCUT2D eigenvalue weighted by molar-refractivity contribution is 7.89. The fraction of sp³-hybridized carbons (Fsp3) is 0.273. The molecule has 1 unspecified atom stereocenters. The second-order valence-electron chi connectivity index (χ2n) is 6.48. The van der Waals surface area contributed by atoms with E-state index in [1.165, 1.54) is 4.31 Å². The van der Waals surface area contributed by atoms with Gasteiger partial charge in [-0.25, -0.2) is 8.42 Å². The number of benzene rings is 2. The Balaban J connectivity index is 1.91. The van der Waals surface area contributed by atoms with E-state index in [1.807, 2.05) is 49.4 Å². The Morgan fingerprint density at radius 2 is 1.78 bits per heavy atom. The van der Waals surface area contributed by atoms with Gasteiger partial charge in [0, 0.05) is 11.8 Å². The van der Waals surface area contributed by atoms with Crippen LogP contribution < -0.4 is 4.74 Å². The summed E-state index contributed by atoms with van der Waals surface area (Å²) in [5, 5.41) is 0. The van der Waals surface area contributed by atoms with Crippen molar-refractivity contribution in [1.29, 1.82) is 0 Å². The standard InChI is InChI=1S/C22H23NO3S/c1-18-7-15-22(16-8-18)27(24,25)23-17-5-3-4-6-20(23)12-9-19-10-13-21(26-2)14-11-19/h5,7-8,10-11,13-17,20H,3-4,6H2,1-2H3. The summed E-state index contributed by atoms with van der Waals surface area (Å²) < 4.78 is 32.9. The highest BCUT2D eigenvalue weighted by Gasteiger charge is 2.28. The van der Waals surface area contributed by atoms with Crippen LogP contribution in [0.4, 0.5) is 0 Å². The van der Waals surface area contributed by atoms with Crippen LogP contribution in [0.3, 0.4) is 0 Å². The first-order valence-corrected chi connectivity index (χ1v) is 10.4. The van der Waals surface area contributed by atoms with Gasteiger partial charge in [0.15, 0.2) is 0 Å². The highest BCUT2D eigenvalue weighted by atomic mass is 32.2. The second-order valence-corrected chi connectivity index (χ2v) is 8.32. The quantitative estimate of drug-likeness (QED) is 0.752. The van der Waals surface area contributed by atoms with Crippen molar-refractivity contribution in [2.45, 2.75) is 37.1 Å². The molecule has 3 rings (SSSR count). The molecule has 27 heavy (non-hydrogen) atoms. The van der Waals surface area contributed by atoms with Gasteiger partial charge in [-0.05, 0) is 62.6 Å². The first-order chi connectivity index (χ1) is 13.0. The van der Waals surface area contributed by atoms with Crippen molar-refractivity contribution in [1.82, 2.24) is 4.31 Å². The number of hydrogen-bond acceptors (Lipinski definition) is 3. The van der Waals surface area contributed by atoms with Crippen LogP contribution in [0.5, 0.6) is 5.75 Å². The molecule has 4 nitrogen and oxygen atoms in total. The summed E-state index contributed by atoms with van der Waals surface area (Å²) in [6.45, 7) is 1.94. The maximum atomic E-state index is 13.1. The van der Waals surface area contributed by atoms with Gasteiger partial charge < -0.3 is 4.74 Å². The fourth-order valence-electron chi connectivity index (χ4n) is 2.89. The average Bonchev–Trinajstić information content (AvgIpc) is 2.93. The second kappa shape index (κ2) is 8.32. The van der Waals surface area contributed by atoms with Crippen molar-refractivity contribution in [3.05, 3.63) is 71.9 Å². The molecular weight excluding hydrogens is 358 g/mol. The maximum Gasteiger partial charge on any atom is 0.264 e. The van der Waals surface area contributed by atoms with Crippen molar-refractivity contribution in [2.75, 3.05) is 7.11 Å². The molecule has 0 saturated heterocycles. The summed E-state index contributed by atoms with van der Waals surface area (Å²) in [6.07, 6.45) is 6.01. The maximum absolute atomic E-state index is 13.1. The van der Waals surface area contributed by atoms with Crippen molar-refractivity contribution in [3.8, 4) is 17.6 Å². The SMILES string of the molecule is COc1ccc(C#CC2CCCC=CN2S(=O)(=O)c2ccc(C)cc2)cc1. The van der Waals surface area contributed by atoms with Gasteiger partial charge in [0.2, 0.25) is 0 Å². The predicted octanol–water partition coefficient (Wildman–Crippen LogP) is 4.11. The zero-order valence-electron chi connectivity index (χ0n) is 15.6. The summed E-state index contributed by atoms with van der Waals surface area (Å²) in [5.74, 6) is 7.03. The molecule has 140 valence electrons. The monoisotopic (exact) mass is 381 g/mol. The number of allylic oxidation sites excluding steroid dienone is 1. The third-order valence-electron chi connectivity index (χ3n) is 4.48. The van der Waals surface area contributed by atoms with Gasteiger partial charge in [-0.3, -0.25) is 4.31 Å². The molecule has 0 bridgehead atoms. The van der Waals surface area contributed by atoms with Gasteiger partial charge in [-0.2, -0.15) is 0 Å². The smallest absolute Gasteiger partial charge is 0.264 e. The molecule has 1 heterocycles. The molecule has 1 aliphatic rings. The average molecular weight is 381 g/mol. The largest absolute Gasteiger partial charge is 0.497 e. The first kappa shape index (κ1) is 19.1. The topological polar surface area (TPSA) is 46.6 Å². The van der Waals surface area contributed by atoms with Crippen LogP contribution in [0.1, 0.15) is 30.4 Å². The molecule has 0 aromatic heterocycles. The van der Waals surface area contributed by atoms with E-state index in [2.05, 4.69) is 11.8 Å². The summed E-state index contributed by atoms with van der Waals surface area (Å²) in [5.41, 5.74) is 1.85. The van der Waals surface area contributed by atoms with Crippen LogP contribution in [0.25, 0.3) is 0 Å². The Bertz CT molecular complexity index is 965. The van der Waals surface area contributed by atoms with Crippen LogP contribution in [0, 0.1) is 18.8 Å². The summed E-state index contributed by atoms with van der Waals surface area (Å²) in [4.78, 5) is 0.288.